The Morgan fingerprint density at radius 1 is 1.26 bits per heavy atom. The number of nitrogens with zero attached hydrogens (tertiary/aromatic N) is 1. The standard InChI is InChI=1S/C22H31N3O2/c1-22(2,11-17-12-23-20-6-4-3-5-19(17)20)24-13-18(26)14-27-25-21(15-7-8-15)16-9-10-16/h3-6,12,15-16,18,23-24,26H,7-11,13-14H2,1-2H3. The zero-order valence-electron chi connectivity index (χ0n) is 16.4. The number of β-amino-alcohol motifs (C(OH)–C–C–N with tert-alkyl or cyclic N) is 1. The topological polar surface area (TPSA) is 69.6 Å². The van der Waals surface area contributed by atoms with Crippen LogP contribution < -0.4 is 5.32 Å². The lowest BCUT2D eigenvalue weighted by Crippen LogP contribution is -2.45. The van der Waals surface area contributed by atoms with Gasteiger partial charge in [0.05, 0.1) is 5.71 Å². The number of hydrogen-bond acceptors (Lipinski definition) is 4. The van der Waals surface area contributed by atoms with Gasteiger partial charge in [-0.25, -0.2) is 0 Å². The molecule has 2 aliphatic carbocycles. The number of H-pyrrole nitrogens is 1. The molecule has 2 saturated carbocycles. The van der Waals surface area contributed by atoms with Crippen LogP contribution in [0, 0.1) is 11.8 Å². The van der Waals surface area contributed by atoms with E-state index in [0.29, 0.717) is 18.4 Å². The van der Waals surface area contributed by atoms with Crippen molar-refractivity contribution in [1.82, 2.24) is 10.3 Å². The van der Waals surface area contributed by atoms with E-state index < -0.39 is 6.10 Å². The van der Waals surface area contributed by atoms with Crippen LogP contribution in [-0.4, -0.2) is 40.6 Å². The zero-order valence-corrected chi connectivity index (χ0v) is 16.4. The lowest BCUT2D eigenvalue weighted by Gasteiger charge is -2.27. The maximum Gasteiger partial charge on any atom is 0.144 e. The molecule has 2 fully saturated rings. The number of nitrogens with one attached hydrogen (secondary N) is 2. The molecule has 0 saturated heterocycles. The minimum absolute atomic E-state index is 0.123. The van der Waals surface area contributed by atoms with Crippen LogP contribution in [0.15, 0.2) is 35.6 Å². The van der Waals surface area contributed by atoms with Crippen LogP contribution in [-0.2, 0) is 11.3 Å². The van der Waals surface area contributed by atoms with E-state index in [4.69, 9.17) is 4.84 Å². The summed E-state index contributed by atoms with van der Waals surface area (Å²) in [6.45, 7) is 5.07. The van der Waals surface area contributed by atoms with Crippen molar-refractivity contribution in [2.75, 3.05) is 13.2 Å². The molecule has 0 bridgehead atoms. The van der Waals surface area contributed by atoms with Crippen molar-refractivity contribution in [1.29, 1.82) is 0 Å². The van der Waals surface area contributed by atoms with E-state index in [1.54, 1.807) is 0 Å². The molecule has 146 valence electrons. The van der Waals surface area contributed by atoms with Crippen LogP contribution in [0.1, 0.15) is 45.1 Å². The number of rotatable bonds is 10. The highest BCUT2D eigenvalue weighted by Crippen LogP contribution is 2.42. The summed E-state index contributed by atoms with van der Waals surface area (Å²) < 4.78 is 0. The molecule has 2 aromatic rings. The Balaban J connectivity index is 1.25. The molecule has 1 atom stereocenters. The lowest BCUT2D eigenvalue weighted by molar-refractivity contribution is 0.0360. The van der Waals surface area contributed by atoms with Gasteiger partial charge in [0.15, 0.2) is 0 Å². The first-order valence-corrected chi connectivity index (χ1v) is 10.2. The molecule has 0 amide bonds. The Morgan fingerprint density at radius 2 is 1.96 bits per heavy atom. The number of fused-ring (bicyclic) bond motifs is 1. The number of benzene rings is 1. The summed E-state index contributed by atoms with van der Waals surface area (Å²) in [5, 5.41) is 19.4. The molecule has 0 aliphatic heterocycles. The number of oxime groups is 1. The smallest absolute Gasteiger partial charge is 0.144 e. The predicted octanol–water partition coefficient (Wildman–Crippen LogP) is 3.63. The molecule has 1 aromatic carbocycles. The van der Waals surface area contributed by atoms with Gasteiger partial charge in [-0.05, 0) is 57.6 Å². The van der Waals surface area contributed by atoms with E-state index in [-0.39, 0.29) is 12.1 Å². The number of hydrogen-bond donors (Lipinski definition) is 3. The SMILES string of the molecule is CC(C)(Cc1c[nH]c2ccccc12)NCC(O)CON=C(C1CC1)C1CC1. The maximum atomic E-state index is 10.3. The van der Waals surface area contributed by atoms with Gasteiger partial charge >= 0.3 is 0 Å². The third-order valence-corrected chi connectivity index (χ3v) is 5.55. The third kappa shape index (κ3) is 4.90. The van der Waals surface area contributed by atoms with Gasteiger partial charge in [-0.2, -0.15) is 0 Å². The summed E-state index contributed by atoms with van der Waals surface area (Å²) in [6, 6.07) is 8.36. The van der Waals surface area contributed by atoms with Crippen molar-refractivity contribution < 1.29 is 9.94 Å². The van der Waals surface area contributed by atoms with Crippen LogP contribution in [0.4, 0.5) is 0 Å². The highest BCUT2D eigenvalue weighted by atomic mass is 16.6. The molecular formula is C22H31N3O2. The number of para-hydroxylation sites is 1. The second-order valence-electron chi connectivity index (χ2n) is 8.82. The summed E-state index contributed by atoms with van der Waals surface area (Å²) in [5.41, 5.74) is 3.58. The van der Waals surface area contributed by atoms with E-state index in [2.05, 4.69) is 53.7 Å². The maximum absolute atomic E-state index is 10.3. The Kier molecular flexibility index (Phi) is 5.24. The minimum Gasteiger partial charge on any atom is -0.393 e. The quantitative estimate of drug-likeness (QED) is 0.442. The highest BCUT2D eigenvalue weighted by molar-refractivity contribution is 5.92. The fraction of sp³-hybridized carbons (Fsp3) is 0.591. The van der Waals surface area contributed by atoms with Crippen molar-refractivity contribution in [3.8, 4) is 0 Å². The van der Waals surface area contributed by atoms with Crippen molar-refractivity contribution >= 4 is 16.6 Å². The zero-order chi connectivity index (χ0) is 18.9. The number of aromatic nitrogens is 1. The molecule has 0 spiro atoms. The van der Waals surface area contributed by atoms with Gasteiger partial charge in [0.1, 0.15) is 12.7 Å². The van der Waals surface area contributed by atoms with Crippen molar-refractivity contribution in [2.24, 2.45) is 17.0 Å². The Bertz CT molecular complexity index is 789. The fourth-order valence-electron chi connectivity index (χ4n) is 3.71. The molecular weight excluding hydrogens is 338 g/mol. The van der Waals surface area contributed by atoms with E-state index in [1.165, 1.54) is 42.3 Å². The highest BCUT2D eigenvalue weighted by Gasteiger charge is 2.38. The van der Waals surface area contributed by atoms with Gasteiger partial charge in [-0.15, -0.1) is 0 Å². The van der Waals surface area contributed by atoms with Crippen LogP contribution in [0.2, 0.25) is 0 Å². The van der Waals surface area contributed by atoms with Crippen molar-refractivity contribution in [2.45, 2.75) is 57.6 Å². The number of aliphatic hydroxyl groups is 1. The van der Waals surface area contributed by atoms with E-state index in [1.807, 2.05) is 6.07 Å². The average molecular weight is 370 g/mol. The summed E-state index contributed by atoms with van der Waals surface area (Å²) in [7, 11) is 0. The Morgan fingerprint density at radius 3 is 2.67 bits per heavy atom. The summed E-state index contributed by atoms with van der Waals surface area (Å²) in [5.74, 6) is 1.31. The number of aromatic amines is 1. The van der Waals surface area contributed by atoms with Gasteiger partial charge < -0.3 is 20.2 Å². The van der Waals surface area contributed by atoms with Gasteiger partial charge in [0, 0.05) is 41.0 Å². The van der Waals surface area contributed by atoms with Gasteiger partial charge in [-0.3, -0.25) is 0 Å². The van der Waals surface area contributed by atoms with Gasteiger partial charge in [0.2, 0.25) is 0 Å². The van der Waals surface area contributed by atoms with Crippen molar-refractivity contribution in [3.63, 3.8) is 0 Å². The van der Waals surface area contributed by atoms with Crippen LogP contribution >= 0.6 is 0 Å². The Labute approximate surface area is 161 Å². The monoisotopic (exact) mass is 369 g/mol. The molecule has 0 radical (unpaired) electrons. The molecule has 1 heterocycles. The van der Waals surface area contributed by atoms with E-state index in [0.717, 1.165) is 11.9 Å². The minimum atomic E-state index is -0.560. The molecule has 2 aliphatic rings. The predicted molar refractivity (Wildman–Crippen MR) is 109 cm³/mol. The van der Waals surface area contributed by atoms with Crippen LogP contribution in [0.3, 0.4) is 0 Å². The van der Waals surface area contributed by atoms with Gasteiger partial charge in [0.25, 0.3) is 0 Å². The van der Waals surface area contributed by atoms with E-state index in [9.17, 15) is 5.11 Å². The summed E-state index contributed by atoms with van der Waals surface area (Å²) in [4.78, 5) is 8.81. The average Bonchev–Trinajstić information content (AvgIpc) is 3.57. The molecule has 5 heteroatoms. The van der Waals surface area contributed by atoms with Crippen LogP contribution in [0.25, 0.3) is 10.9 Å². The summed E-state index contributed by atoms with van der Waals surface area (Å²) >= 11 is 0. The summed E-state index contributed by atoms with van der Waals surface area (Å²) in [6.07, 6.45) is 7.43. The first-order chi connectivity index (χ1) is 13.0. The first-order valence-electron chi connectivity index (χ1n) is 10.2. The largest absolute Gasteiger partial charge is 0.393 e. The van der Waals surface area contributed by atoms with E-state index >= 15 is 0 Å². The normalized spacial score (nSPS) is 18.5. The molecule has 4 rings (SSSR count). The molecule has 3 N–H and O–H groups in total. The number of aliphatic hydroxyl groups excluding tert-OH is 1. The second kappa shape index (κ2) is 7.64. The molecule has 1 aromatic heterocycles. The Hall–Kier alpha value is -1.85. The van der Waals surface area contributed by atoms with Crippen LogP contribution in [0.5, 0.6) is 0 Å². The third-order valence-electron chi connectivity index (χ3n) is 5.55. The fourth-order valence-corrected chi connectivity index (χ4v) is 3.71. The second-order valence-corrected chi connectivity index (χ2v) is 8.82. The van der Waals surface area contributed by atoms with Crippen molar-refractivity contribution in [3.05, 3.63) is 36.0 Å². The molecule has 5 nitrogen and oxygen atoms in total. The first kappa shape index (κ1) is 18.5. The molecule has 27 heavy (non-hydrogen) atoms. The van der Waals surface area contributed by atoms with Gasteiger partial charge in [-0.1, -0.05) is 23.4 Å². The molecule has 1 unspecified atom stereocenters. The lowest BCUT2D eigenvalue weighted by atomic mass is 9.94.